The Morgan fingerprint density at radius 1 is 1.32 bits per heavy atom. The third-order valence-corrected chi connectivity index (χ3v) is 3.79. The van der Waals surface area contributed by atoms with Crippen LogP contribution in [0, 0.1) is 0 Å². The van der Waals surface area contributed by atoms with Crippen LogP contribution in [-0.4, -0.2) is 15.2 Å². The highest BCUT2D eigenvalue weighted by molar-refractivity contribution is 8.27. The van der Waals surface area contributed by atoms with E-state index in [4.69, 9.17) is 16.6 Å². The third-order valence-electron chi connectivity index (χ3n) is 2.49. The highest BCUT2D eigenvalue weighted by atomic mass is 32.2. The van der Waals surface area contributed by atoms with E-state index in [-0.39, 0.29) is 5.91 Å². The van der Waals surface area contributed by atoms with Crippen LogP contribution >= 0.6 is 24.0 Å². The van der Waals surface area contributed by atoms with Gasteiger partial charge in [0, 0.05) is 12.3 Å². The molecule has 3 rings (SSSR count). The molecule has 0 bridgehead atoms. The second kappa shape index (κ2) is 4.99. The quantitative estimate of drug-likeness (QED) is 0.628. The van der Waals surface area contributed by atoms with Gasteiger partial charge in [-0.1, -0.05) is 30.0 Å². The van der Waals surface area contributed by atoms with Crippen molar-refractivity contribution in [3.05, 3.63) is 53.5 Å². The molecule has 6 heteroatoms. The highest BCUT2D eigenvalue weighted by Crippen LogP contribution is 2.34. The van der Waals surface area contributed by atoms with Crippen LogP contribution in [0.1, 0.15) is 5.76 Å². The van der Waals surface area contributed by atoms with Gasteiger partial charge in [0.15, 0.2) is 4.32 Å². The number of carbonyl (C=O) groups is 1. The number of furan rings is 1. The van der Waals surface area contributed by atoms with Gasteiger partial charge in [0.25, 0.3) is 5.91 Å². The van der Waals surface area contributed by atoms with Crippen LogP contribution in [0.3, 0.4) is 0 Å². The topological polar surface area (TPSA) is 46.3 Å². The third kappa shape index (κ3) is 2.32. The summed E-state index contributed by atoms with van der Waals surface area (Å²) < 4.78 is 5.67. The maximum Gasteiger partial charge on any atom is 0.272 e. The van der Waals surface area contributed by atoms with Crippen molar-refractivity contribution in [3.8, 4) is 0 Å². The number of aromatic nitrogens is 1. The Balaban J connectivity index is 1.94. The fourth-order valence-electron chi connectivity index (χ4n) is 1.65. The zero-order chi connectivity index (χ0) is 13.2. The van der Waals surface area contributed by atoms with Crippen molar-refractivity contribution >= 4 is 46.1 Å². The van der Waals surface area contributed by atoms with Crippen LogP contribution in [-0.2, 0) is 4.79 Å². The molecule has 0 aliphatic carbocycles. The zero-order valence-electron chi connectivity index (χ0n) is 9.65. The van der Waals surface area contributed by atoms with Gasteiger partial charge in [0.2, 0.25) is 0 Å². The molecule has 0 saturated carbocycles. The summed E-state index contributed by atoms with van der Waals surface area (Å²) >= 11 is 6.47. The minimum Gasteiger partial charge on any atom is -0.465 e. The van der Waals surface area contributed by atoms with Gasteiger partial charge in [0.1, 0.15) is 11.6 Å². The number of thiocarbonyl (C=S) groups is 1. The summed E-state index contributed by atoms with van der Waals surface area (Å²) in [6.45, 7) is 0. The Bertz CT molecular complexity index is 651. The smallest absolute Gasteiger partial charge is 0.272 e. The molecule has 0 aromatic carbocycles. The fourth-order valence-corrected chi connectivity index (χ4v) is 2.91. The molecule has 1 aliphatic rings. The first-order chi connectivity index (χ1) is 9.25. The molecule has 94 valence electrons. The standard InChI is InChI=1S/C13H8N2O2S2/c16-12-10(8-9-4-3-7-17-9)19-13(18)15(12)11-5-1-2-6-14-11/h1-8H/b10-8+. The maximum absolute atomic E-state index is 12.3. The summed E-state index contributed by atoms with van der Waals surface area (Å²) in [6.07, 6.45) is 4.87. The first-order valence-corrected chi connectivity index (χ1v) is 6.71. The minimum absolute atomic E-state index is 0.176. The van der Waals surface area contributed by atoms with Gasteiger partial charge in [-0.25, -0.2) is 9.88 Å². The first-order valence-electron chi connectivity index (χ1n) is 5.48. The van der Waals surface area contributed by atoms with Gasteiger partial charge >= 0.3 is 0 Å². The molecule has 0 spiro atoms. The maximum atomic E-state index is 12.3. The van der Waals surface area contributed by atoms with Crippen LogP contribution in [0.2, 0.25) is 0 Å². The molecule has 1 saturated heterocycles. The lowest BCUT2D eigenvalue weighted by molar-refractivity contribution is -0.113. The van der Waals surface area contributed by atoms with E-state index in [1.165, 1.54) is 16.7 Å². The predicted molar refractivity (Wildman–Crippen MR) is 78.6 cm³/mol. The highest BCUT2D eigenvalue weighted by Gasteiger charge is 2.34. The Morgan fingerprint density at radius 3 is 2.89 bits per heavy atom. The molecule has 0 radical (unpaired) electrons. The van der Waals surface area contributed by atoms with E-state index in [1.807, 2.05) is 6.07 Å². The lowest BCUT2D eigenvalue weighted by Crippen LogP contribution is -2.28. The van der Waals surface area contributed by atoms with Gasteiger partial charge < -0.3 is 4.42 Å². The molecular formula is C13H8N2O2S2. The van der Waals surface area contributed by atoms with Crippen molar-refractivity contribution in [1.82, 2.24) is 4.98 Å². The molecule has 0 atom stereocenters. The number of pyridine rings is 1. The van der Waals surface area contributed by atoms with Crippen molar-refractivity contribution in [2.24, 2.45) is 0 Å². The first kappa shape index (κ1) is 12.1. The summed E-state index contributed by atoms with van der Waals surface area (Å²) in [7, 11) is 0. The van der Waals surface area contributed by atoms with Crippen molar-refractivity contribution in [2.75, 3.05) is 4.90 Å². The second-order valence-corrected chi connectivity index (χ2v) is 5.40. The fraction of sp³-hybridized carbons (Fsp3) is 0. The molecule has 3 heterocycles. The van der Waals surface area contributed by atoms with Crippen molar-refractivity contribution < 1.29 is 9.21 Å². The van der Waals surface area contributed by atoms with Crippen LogP contribution in [0.4, 0.5) is 5.82 Å². The van der Waals surface area contributed by atoms with Gasteiger partial charge in [-0.2, -0.15) is 0 Å². The molecule has 2 aromatic rings. The summed E-state index contributed by atoms with van der Waals surface area (Å²) in [5.41, 5.74) is 0. The predicted octanol–water partition coefficient (Wildman–Crippen LogP) is 3.08. The van der Waals surface area contributed by atoms with E-state index in [2.05, 4.69) is 4.98 Å². The normalized spacial score (nSPS) is 17.5. The Labute approximate surface area is 119 Å². The van der Waals surface area contributed by atoms with E-state index >= 15 is 0 Å². The van der Waals surface area contributed by atoms with Gasteiger partial charge in [0.05, 0.1) is 11.2 Å². The average molecular weight is 288 g/mol. The van der Waals surface area contributed by atoms with Crippen LogP contribution < -0.4 is 4.90 Å². The van der Waals surface area contributed by atoms with Crippen LogP contribution in [0.25, 0.3) is 6.08 Å². The minimum atomic E-state index is -0.176. The number of amides is 1. The van der Waals surface area contributed by atoms with Crippen molar-refractivity contribution in [2.45, 2.75) is 0 Å². The molecule has 2 aromatic heterocycles. The number of nitrogens with zero attached hydrogens (tertiary/aromatic N) is 2. The van der Waals surface area contributed by atoms with Gasteiger partial charge in [-0.05, 0) is 24.3 Å². The molecule has 1 amide bonds. The van der Waals surface area contributed by atoms with E-state index < -0.39 is 0 Å². The number of hydrogen-bond donors (Lipinski definition) is 0. The summed E-state index contributed by atoms with van der Waals surface area (Å²) in [5.74, 6) is 0.986. The lowest BCUT2D eigenvalue weighted by atomic mass is 10.3. The molecule has 4 nitrogen and oxygen atoms in total. The van der Waals surface area contributed by atoms with Gasteiger partial charge in [-0.15, -0.1) is 0 Å². The van der Waals surface area contributed by atoms with Crippen molar-refractivity contribution in [3.63, 3.8) is 0 Å². The Kier molecular flexibility index (Phi) is 3.18. The summed E-state index contributed by atoms with van der Waals surface area (Å²) in [6, 6.07) is 8.91. The van der Waals surface area contributed by atoms with Crippen LogP contribution in [0.5, 0.6) is 0 Å². The Morgan fingerprint density at radius 2 is 2.21 bits per heavy atom. The SMILES string of the molecule is O=C1/C(=C\c2ccco2)SC(=S)N1c1ccccn1. The largest absolute Gasteiger partial charge is 0.465 e. The van der Waals surface area contributed by atoms with Crippen molar-refractivity contribution in [1.29, 1.82) is 0 Å². The monoisotopic (exact) mass is 288 g/mol. The van der Waals surface area contributed by atoms with E-state index in [1.54, 1.807) is 42.8 Å². The molecule has 19 heavy (non-hydrogen) atoms. The number of carbonyl (C=O) groups excluding carboxylic acids is 1. The Hall–Kier alpha value is -1.92. The van der Waals surface area contributed by atoms with Gasteiger partial charge in [-0.3, -0.25) is 4.79 Å². The summed E-state index contributed by atoms with van der Waals surface area (Å²) in [4.78, 5) is 18.4. The van der Waals surface area contributed by atoms with Crippen LogP contribution in [0.15, 0.2) is 52.1 Å². The second-order valence-electron chi connectivity index (χ2n) is 3.72. The molecular weight excluding hydrogens is 280 g/mol. The molecule has 0 N–H and O–H groups in total. The van der Waals surface area contributed by atoms with E-state index in [9.17, 15) is 4.79 Å². The van der Waals surface area contributed by atoms with E-state index in [0.717, 1.165) is 0 Å². The number of rotatable bonds is 2. The van der Waals surface area contributed by atoms with E-state index in [0.29, 0.717) is 20.8 Å². The molecule has 1 aliphatic heterocycles. The zero-order valence-corrected chi connectivity index (χ0v) is 11.3. The number of anilines is 1. The molecule has 0 unspecified atom stereocenters. The average Bonchev–Trinajstić information content (AvgIpc) is 3.01. The molecule has 1 fully saturated rings. The number of hydrogen-bond acceptors (Lipinski definition) is 5. The lowest BCUT2D eigenvalue weighted by Gasteiger charge is -2.12. The number of thioether (sulfide) groups is 1. The summed E-state index contributed by atoms with van der Waals surface area (Å²) in [5, 5.41) is 0.